The maximum atomic E-state index is 11.4. The van der Waals surface area contributed by atoms with Gasteiger partial charge < -0.3 is 14.8 Å². The predicted octanol–water partition coefficient (Wildman–Crippen LogP) is 2.63. The Hall–Kier alpha value is -4.01. The monoisotopic (exact) mass is 390 g/mol. The molecule has 0 atom stereocenters. The van der Waals surface area contributed by atoms with Crippen LogP contribution in [0.1, 0.15) is 15.9 Å². The molecule has 0 radical (unpaired) electrons. The summed E-state index contributed by atoms with van der Waals surface area (Å²) >= 11 is 0. The van der Waals surface area contributed by atoms with E-state index in [0.717, 1.165) is 11.1 Å². The van der Waals surface area contributed by atoms with Gasteiger partial charge in [-0.15, -0.1) is 5.10 Å². The highest BCUT2D eigenvalue weighted by molar-refractivity contribution is 5.84. The second kappa shape index (κ2) is 7.93. The van der Waals surface area contributed by atoms with Crippen molar-refractivity contribution >= 4 is 17.9 Å². The van der Waals surface area contributed by atoms with Crippen LogP contribution in [0.25, 0.3) is 17.0 Å². The van der Waals surface area contributed by atoms with E-state index in [2.05, 4.69) is 25.4 Å². The van der Waals surface area contributed by atoms with Gasteiger partial charge in [-0.05, 0) is 29.8 Å². The van der Waals surface area contributed by atoms with Crippen molar-refractivity contribution in [1.29, 1.82) is 0 Å². The summed E-state index contributed by atoms with van der Waals surface area (Å²) in [6.07, 6.45) is 5.52. The third-order valence-electron chi connectivity index (χ3n) is 4.34. The zero-order valence-corrected chi connectivity index (χ0v) is 15.9. The minimum atomic E-state index is 0.351. The van der Waals surface area contributed by atoms with Gasteiger partial charge in [-0.2, -0.15) is 4.52 Å². The molecule has 0 aliphatic heterocycles. The van der Waals surface area contributed by atoms with Gasteiger partial charge in [-0.1, -0.05) is 6.07 Å². The van der Waals surface area contributed by atoms with Crippen LogP contribution < -0.4 is 14.8 Å². The number of pyridine rings is 1. The Morgan fingerprint density at radius 2 is 2.00 bits per heavy atom. The summed E-state index contributed by atoms with van der Waals surface area (Å²) in [6.45, 7) is 0.463. The fourth-order valence-electron chi connectivity index (χ4n) is 2.88. The molecule has 0 amide bonds. The highest BCUT2D eigenvalue weighted by Gasteiger charge is 2.14. The normalized spacial score (nSPS) is 10.7. The topological polar surface area (TPSA) is 104 Å². The van der Waals surface area contributed by atoms with Crippen molar-refractivity contribution in [1.82, 2.24) is 24.6 Å². The number of anilines is 1. The Balaban J connectivity index is 1.67. The van der Waals surface area contributed by atoms with Crippen molar-refractivity contribution in [2.75, 3.05) is 19.5 Å². The molecular formula is C20H18N6O3. The maximum Gasteiger partial charge on any atom is 0.226 e. The van der Waals surface area contributed by atoms with E-state index in [-0.39, 0.29) is 0 Å². The van der Waals surface area contributed by atoms with E-state index in [0.29, 0.717) is 47.3 Å². The van der Waals surface area contributed by atoms with E-state index in [9.17, 15) is 4.79 Å². The summed E-state index contributed by atoms with van der Waals surface area (Å²) < 4.78 is 12.1. The number of aromatic nitrogens is 5. The molecule has 1 aromatic carbocycles. The van der Waals surface area contributed by atoms with Gasteiger partial charge in [0.2, 0.25) is 5.95 Å². The molecule has 0 spiro atoms. The molecule has 3 aromatic heterocycles. The zero-order valence-electron chi connectivity index (χ0n) is 15.9. The van der Waals surface area contributed by atoms with E-state index in [1.165, 1.54) is 10.7 Å². The first kappa shape index (κ1) is 18.4. The van der Waals surface area contributed by atoms with Crippen LogP contribution >= 0.6 is 0 Å². The van der Waals surface area contributed by atoms with Crippen LogP contribution in [-0.2, 0) is 6.54 Å². The second-order valence-electron chi connectivity index (χ2n) is 6.11. The number of carbonyl (C=O) groups is 1. The lowest BCUT2D eigenvalue weighted by molar-refractivity contribution is 0.112. The zero-order chi connectivity index (χ0) is 20.2. The summed E-state index contributed by atoms with van der Waals surface area (Å²) in [5, 5.41) is 7.73. The molecule has 9 heteroatoms. The van der Waals surface area contributed by atoms with Crippen molar-refractivity contribution in [2.24, 2.45) is 0 Å². The Kier molecular flexibility index (Phi) is 5.02. The number of methoxy groups -OCH3 is 2. The van der Waals surface area contributed by atoms with Crippen molar-refractivity contribution in [3.05, 3.63) is 60.0 Å². The number of nitrogens with zero attached hydrogens (tertiary/aromatic N) is 5. The SMILES string of the molecule is COc1ccc(CNc2ncc(C=O)c3nc(-c4cccnc4)nn23)cc1OC. The van der Waals surface area contributed by atoms with Gasteiger partial charge in [-0.3, -0.25) is 9.78 Å². The summed E-state index contributed by atoms with van der Waals surface area (Å²) in [7, 11) is 3.18. The second-order valence-corrected chi connectivity index (χ2v) is 6.11. The van der Waals surface area contributed by atoms with Crippen LogP contribution in [0.2, 0.25) is 0 Å². The molecule has 0 bridgehead atoms. The number of nitrogens with one attached hydrogen (secondary N) is 1. The lowest BCUT2D eigenvalue weighted by Crippen LogP contribution is -2.09. The largest absolute Gasteiger partial charge is 0.493 e. The van der Waals surface area contributed by atoms with Gasteiger partial charge in [0.1, 0.15) is 0 Å². The molecule has 0 aliphatic carbocycles. The summed E-state index contributed by atoms with van der Waals surface area (Å²) in [5.74, 6) is 2.22. The molecular weight excluding hydrogens is 372 g/mol. The fraction of sp³-hybridized carbons (Fsp3) is 0.150. The standard InChI is InChI=1S/C20H18N6O3/c1-28-16-6-5-13(8-17(16)29-2)9-22-20-23-11-15(12-27)19-24-18(25-26(19)20)14-4-3-7-21-10-14/h3-8,10-12H,9H2,1-2H3,(H,22,23). The first-order chi connectivity index (χ1) is 14.2. The van der Waals surface area contributed by atoms with Crippen LogP contribution in [0, 0.1) is 0 Å². The molecule has 0 saturated heterocycles. The van der Waals surface area contributed by atoms with Crippen molar-refractivity contribution < 1.29 is 14.3 Å². The minimum absolute atomic E-state index is 0.351. The number of ether oxygens (including phenoxy) is 2. The molecule has 146 valence electrons. The van der Waals surface area contributed by atoms with Crippen LogP contribution in [0.3, 0.4) is 0 Å². The van der Waals surface area contributed by atoms with Crippen LogP contribution in [-0.4, -0.2) is 45.1 Å². The van der Waals surface area contributed by atoms with E-state index >= 15 is 0 Å². The number of fused-ring (bicyclic) bond motifs is 1. The molecule has 1 N–H and O–H groups in total. The van der Waals surface area contributed by atoms with Crippen molar-refractivity contribution in [2.45, 2.75) is 6.54 Å². The van der Waals surface area contributed by atoms with Gasteiger partial charge in [0.15, 0.2) is 29.3 Å². The van der Waals surface area contributed by atoms with Crippen LogP contribution in [0.15, 0.2) is 48.9 Å². The van der Waals surface area contributed by atoms with Crippen molar-refractivity contribution in [3.8, 4) is 22.9 Å². The first-order valence-corrected chi connectivity index (χ1v) is 8.79. The molecule has 0 fully saturated rings. The van der Waals surface area contributed by atoms with Crippen molar-refractivity contribution in [3.63, 3.8) is 0 Å². The first-order valence-electron chi connectivity index (χ1n) is 8.79. The number of rotatable bonds is 7. The molecule has 9 nitrogen and oxygen atoms in total. The summed E-state index contributed by atoms with van der Waals surface area (Å²) in [4.78, 5) is 24.3. The Bertz CT molecular complexity index is 1160. The number of benzene rings is 1. The number of aldehydes is 1. The third-order valence-corrected chi connectivity index (χ3v) is 4.34. The van der Waals surface area contributed by atoms with Crippen LogP contribution in [0.4, 0.5) is 5.95 Å². The van der Waals surface area contributed by atoms with E-state index in [1.54, 1.807) is 32.7 Å². The average Bonchev–Trinajstić information content (AvgIpc) is 3.23. The quantitative estimate of drug-likeness (QED) is 0.480. The minimum Gasteiger partial charge on any atom is -0.493 e. The van der Waals surface area contributed by atoms with E-state index < -0.39 is 0 Å². The molecule has 0 saturated carbocycles. The Morgan fingerprint density at radius 3 is 2.72 bits per heavy atom. The summed E-state index contributed by atoms with van der Waals surface area (Å²) in [6, 6.07) is 9.30. The molecule has 3 heterocycles. The Morgan fingerprint density at radius 1 is 1.14 bits per heavy atom. The average molecular weight is 390 g/mol. The summed E-state index contributed by atoms with van der Waals surface area (Å²) in [5.41, 5.74) is 2.48. The molecule has 0 aliphatic rings. The van der Waals surface area contributed by atoms with Gasteiger partial charge in [0, 0.05) is 30.7 Å². The maximum absolute atomic E-state index is 11.4. The van der Waals surface area contributed by atoms with Crippen LogP contribution in [0.5, 0.6) is 11.5 Å². The highest BCUT2D eigenvalue weighted by Crippen LogP contribution is 2.28. The number of hydrogen-bond acceptors (Lipinski definition) is 8. The van der Waals surface area contributed by atoms with Gasteiger partial charge in [-0.25, -0.2) is 9.97 Å². The van der Waals surface area contributed by atoms with Gasteiger partial charge in [0.05, 0.1) is 19.8 Å². The lowest BCUT2D eigenvalue weighted by atomic mass is 10.2. The lowest BCUT2D eigenvalue weighted by Gasteiger charge is -2.11. The van der Waals surface area contributed by atoms with Gasteiger partial charge >= 0.3 is 0 Å². The fourth-order valence-corrected chi connectivity index (χ4v) is 2.88. The molecule has 4 aromatic rings. The van der Waals surface area contributed by atoms with E-state index in [4.69, 9.17) is 9.47 Å². The smallest absolute Gasteiger partial charge is 0.226 e. The Labute approximate surface area is 166 Å². The molecule has 0 unspecified atom stereocenters. The third kappa shape index (κ3) is 3.57. The molecule has 29 heavy (non-hydrogen) atoms. The van der Waals surface area contributed by atoms with E-state index in [1.807, 2.05) is 24.3 Å². The number of hydrogen-bond donors (Lipinski definition) is 1. The highest BCUT2D eigenvalue weighted by atomic mass is 16.5. The molecule has 4 rings (SSSR count). The predicted molar refractivity (Wildman–Crippen MR) is 106 cm³/mol. The van der Waals surface area contributed by atoms with Gasteiger partial charge in [0.25, 0.3) is 0 Å². The number of carbonyl (C=O) groups excluding carboxylic acids is 1.